The predicted octanol–water partition coefficient (Wildman–Crippen LogP) is 2.16. The van der Waals surface area contributed by atoms with E-state index in [4.69, 9.17) is 4.74 Å². The SMILES string of the molecule is COC(=O)[C@H](CCc1ccccc1)NC(=O)[C@H](Cc1ccc(F)cc1)NC(C)=O. The van der Waals surface area contributed by atoms with Gasteiger partial charge < -0.3 is 15.4 Å². The molecule has 0 saturated carbocycles. The molecule has 154 valence electrons. The van der Waals surface area contributed by atoms with Crippen LogP contribution in [0.1, 0.15) is 24.5 Å². The van der Waals surface area contributed by atoms with Crippen molar-refractivity contribution < 1.29 is 23.5 Å². The second kappa shape index (κ2) is 10.9. The summed E-state index contributed by atoms with van der Waals surface area (Å²) in [5, 5.41) is 5.25. The molecule has 0 aliphatic carbocycles. The minimum atomic E-state index is -0.901. The molecule has 2 rings (SSSR count). The average molecular weight is 400 g/mol. The van der Waals surface area contributed by atoms with Crippen molar-refractivity contribution in [2.24, 2.45) is 0 Å². The highest BCUT2D eigenvalue weighted by molar-refractivity contribution is 5.90. The van der Waals surface area contributed by atoms with Crippen LogP contribution in [0.15, 0.2) is 54.6 Å². The van der Waals surface area contributed by atoms with Gasteiger partial charge in [0.25, 0.3) is 0 Å². The lowest BCUT2D eigenvalue weighted by molar-refractivity contribution is -0.145. The largest absolute Gasteiger partial charge is 0.467 e. The second-order valence-electron chi connectivity index (χ2n) is 6.69. The zero-order valence-electron chi connectivity index (χ0n) is 16.5. The minimum absolute atomic E-state index is 0.165. The van der Waals surface area contributed by atoms with Crippen molar-refractivity contribution in [1.29, 1.82) is 0 Å². The number of nitrogens with one attached hydrogen (secondary N) is 2. The summed E-state index contributed by atoms with van der Waals surface area (Å²) in [4.78, 5) is 36.5. The molecule has 2 N–H and O–H groups in total. The van der Waals surface area contributed by atoms with Gasteiger partial charge in [0.15, 0.2) is 0 Å². The summed E-state index contributed by atoms with van der Waals surface area (Å²) in [5.41, 5.74) is 1.71. The Bertz CT molecular complexity index is 824. The van der Waals surface area contributed by atoms with Gasteiger partial charge in [0.05, 0.1) is 7.11 Å². The first-order valence-corrected chi connectivity index (χ1v) is 9.32. The summed E-state index contributed by atoms with van der Waals surface area (Å²) in [6.45, 7) is 1.30. The zero-order chi connectivity index (χ0) is 21.2. The van der Waals surface area contributed by atoms with Gasteiger partial charge in [0, 0.05) is 13.3 Å². The highest BCUT2D eigenvalue weighted by atomic mass is 19.1. The van der Waals surface area contributed by atoms with Crippen molar-refractivity contribution in [3.8, 4) is 0 Å². The van der Waals surface area contributed by atoms with E-state index in [1.54, 1.807) is 12.1 Å². The van der Waals surface area contributed by atoms with Crippen LogP contribution in [-0.4, -0.2) is 37.0 Å². The van der Waals surface area contributed by atoms with Crippen LogP contribution in [0.4, 0.5) is 4.39 Å². The fourth-order valence-corrected chi connectivity index (χ4v) is 2.93. The number of benzene rings is 2. The van der Waals surface area contributed by atoms with E-state index in [2.05, 4.69) is 10.6 Å². The smallest absolute Gasteiger partial charge is 0.328 e. The highest BCUT2D eigenvalue weighted by Crippen LogP contribution is 2.09. The maximum atomic E-state index is 13.1. The first-order chi connectivity index (χ1) is 13.9. The monoisotopic (exact) mass is 400 g/mol. The zero-order valence-corrected chi connectivity index (χ0v) is 16.5. The summed E-state index contributed by atoms with van der Waals surface area (Å²) in [6, 6.07) is 13.5. The molecule has 29 heavy (non-hydrogen) atoms. The van der Waals surface area contributed by atoms with Gasteiger partial charge in [-0.3, -0.25) is 9.59 Å². The number of halogens is 1. The van der Waals surface area contributed by atoms with Crippen molar-refractivity contribution in [3.05, 3.63) is 71.5 Å². The van der Waals surface area contributed by atoms with Gasteiger partial charge in [-0.25, -0.2) is 9.18 Å². The standard InChI is InChI=1S/C22H25FN2O4/c1-15(26)24-20(14-17-8-11-18(23)12-9-17)21(27)25-19(22(28)29-2)13-10-16-6-4-3-5-7-16/h3-9,11-12,19-20H,10,13-14H2,1-2H3,(H,24,26)(H,25,27)/t19-,20-/m0/s1. The average Bonchev–Trinajstić information content (AvgIpc) is 2.71. The molecule has 0 unspecified atom stereocenters. The summed E-state index contributed by atoms with van der Waals surface area (Å²) in [6.07, 6.45) is 1.09. The summed E-state index contributed by atoms with van der Waals surface area (Å²) >= 11 is 0. The summed E-state index contributed by atoms with van der Waals surface area (Å²) < 4.78 is 17.9. The van der Waals surface area contributed by atoms with Crippen molar-refractivity contribution in [1.82, 2.24) is 10.6 Å². The molecule has 0 fully saturated rings. The van der Waals surface area contributed by atoms with Crippen molar-refractivity contribution >= 4 is 17.8 Å². The Hall–Kier alpha value is -3.22. The number of hydrogen-bond acceptors (Lipinski definition) is 4. The molecule has 0 bridgehead atoms. The van der Waals surface area contributed by atoms with E-state index < -0.39 is 24.0 Å². The van der Waals surface area contributed by atoms with Gasteiger partial charge in [-0.2, -0.15) is 0 Å². The third-order valence-corrected chi connectivity index (χ3v) is 4.41. The molecule has 0 heterocycles. The Balaban J connectivity index is 2.08. The van der Waals surface area contributed by atoms with E-state index in [1.165, 1.54) is 26.2 Å². The predicted molar refractivity (Wildman–Crippen MR) is 106 cm³/mol. The van der Waals surface area contributed by atoms with Crippen LogP contribution in [0.5, 0.6) is 0 Å². The summed E-state index contributed by atoms with van der Waals surface area (Å²) in [7, 11) is 1.26. The number of amides is 2. The van der Waals surface area contributed by atoms with Crippen LogP contribution in [0.25, 0.3) is 0 Å². The Labute approximate surface area is 169 Å². The highest BCUT2D eigenvalue weighted by Gasteiger charge is 2.27. The van der Waals surface area contributed by atoms with E-state index in [9.17, 15) is 18.8 Å². The molecule has 0 saturated heterocycles. The van der Waals surface area contributed by atoms with Gasteiger partial charge in [0.1, 0.15) is 17.9 Å². The third kappa shape index (κ3) is 7.37. The van der Waals surface area contributed by atoms with Crippen molar-refractivity contribution in [3.63, 3.8) is 0 Å². The fraction of sp³-hybridized carbons (Fsp3) is 0.318. The number of esters is 1. The van der Waals surface area contributed by atoms with Crippen LogP contribution >= 0.6 is 0 Å². The van der Waals surface area contributed by atoms with Crippen LogP contribution in [0, 0.1) is 5.82 Å². The molecule has 0 aliphatic heterocycles. The molecule has 2 aromatic rings. The first-order valence-electron chi connectivity index (χ1n) is 9.32. The van der Waals surface area contributed by atoms with E-state index >= 15 is 0 Å². The van der Waals surface area contributed by atoms with Crippen LogP contribution < -0.4 is 10.6 Å². The van der Waals surface area contributed by atoms with Crippen molar-refractivity contribution in [2.45, 2.75) is 38.3 Å². The van der Waals surface area contributed by atoms with Gasteiger partial charge in [-0.1, -0.05) is 42.5 Å². The Morgan fingerprint density at radius 1 is 0.931 bits per heavy atom. The number of ether oxygens (including phenoxy) is 1. The van der Waals surface area contributed by atoms with Crippen LogP contribution in [-0.2, 0) is 32.0 Å². The number of hydrogen-bond donors (Lipinski definition) is 2. The molecular formula is C22H25FN2O4. The lowest BCUT2D eigenvalue weighted by Gasteiger charge is -2.22. The number of carbonyl (C=O) groups is 3. The van der Waals surface area contributed by atoms with Gasteiger partial charge in [-0.05, 0) is 36.1 Å². The van der Waals surface area contributed by atoms with Gasteiger partial charge >= 0.3 is 5.97 Å². The Kier molecular flexibility index (Phi) is 8.33. The maximum absolute atomic E-state index is 13.1. The van der Waals surface area contributed by atoms with E-state index in [0.717, 1.165) is 5.56 Å². The number of rotatable bonds is 9. The van der Waals surface area contributed by atoms with Crippen LogP contribution in [0.3, 0.4) is 0 Å². The fourth-order valence-electron chi connectivity index (χ4n) is 2.93. The molecular weight excluding hydrogens is 375 g/mol. The maximum Gasteiger partial charge on any atom is 0.328 e. The topological polar surface area (TPSA) is 84.5 Å². The quantitative estimate of drug-likeness (QED) is 0.632. The number of methoxy groups -OCH3 is 1. The molecule has 2 aromatic carbocycles. The molecule has 0 aromatic heterocycles. The molecule has 0 radical (unpaired) electrons. The van der Waals surface area contributed by atoms with Gasteiger partial charge in [0.2, 0.25) is 11.8 Å². The van der Waals surface area contributed by atoms with Crippen molar-refractivity contribution in [2.75, 3.05) is 7.11 Å². The normalized spacial score (nSPS) is 12.5. The van der Waals surface area contributed by atoms with E-state index in [1.807, 2.05) is 30.3 Å². The third-order valence-electron chi connectivity index (χ3n) is 4.41. The molecule has 0 aliphatic rings. The second-order valence-corrected chi connectivity index (χ2v) is 6.69. The van der Waals surface area contributed by atoms with E-state index in [0.29, 0.717) is 18.4 Å². The van der Waals surface area contributed by atoms with Crippen LogP contribution in [0.2, 0.25) is 0 Å². The Morgan fingerprint density at radius 3 is 2.17 bits per heavy atom. The molecule has 2 atom stereocenters. The number of carbonyl (C=O) groups excluding carboxylic acids is 3. The lowest BCUT2D eigenvalue weighted by atomic mass is 10.0. The number of aryl methyl sites for hydroxylation is 1. The molecule has 7 heteroatoms. The van der Waals surface area contributed by atoms with E-state index in [-0.39, 0.29) is 18.1 Å². The molecule has 0 spiro atoms. The van der Waals surface area contributed by atoms with Gasteiger partial charge in [-0.15, -0.1) is 0 Å². The summed E-state index contributed by atoms with van der Waals surface area (Å²) in [5.74, 6) is -1.84. The minimum Gasteiger partial charge on any atom is -0.467 e. The molecule has 2 amide bonds. The Morgan fingerprint density at radius 2 is 1.59 bits per heavy atom. The first kappa shape index (κ1) is 22.1. The molecule has 6 nitrogen and oxygen atoms in total. The lowest BCUT2D eigenvalue weighted by Crippen LogP contribution is -2.52.